The number of benzene rings is 2. The van der Waals surface area contributed by atoms with Crippen molar-refractivity contribution >= 4 is 17.5 Å². The Bertz CT molecular complexity index is 714. The maximum absolute atomic E-state index is 12.6. The summed E-state index contributed by atoms with van der Waals surface area (Å²) in [7, 11) is 1.63. The van der Waals surface area contributed by atoms with Gasteiger partial charge in [0.1, 0.15) is 5.75 Å². The summed E-state index contributed by atoms with van der Waals surface area (Å²) in [4.78, 5) is 12.6. The standard InChI is InChI=1S/C19H21ClN2O2/c1-24-15-6-4-5-13(11-15)18(16-7-2-3-8-17(16)20)22-19(23)14-9-10-21-12-14/h2-8,11,14,18,21H,9-10,12H2,1H3,(H,22,23)/t14-,18+/m0/s1. The van der Waals surface area contributed by atoms with E-state index in [0.29, 0.717) is 5.02 Å². The quantitative estimate of drug-likeness (QED) is 0.876. The van der Waals surface area contributed by atoms with E-state index in [1.54, 1.807) is 7.11 Å². The number of nitrogens with one attached hydrogen (secondary N) is 2. The molecule has 0 radical (unpaired) electrons. The Morgan fingerprint density at radius 1 is 1.29 bits per heavy atom. The van der Waals surface area contributed by atoms with Gasteiger partial charge < -0.3 is 15.4 Å². The molecule has 0 spiro atoms. The second-order valence-corrected chi connectivity index (χ2v) is 6.34. The van der Waals surface area contributed by atoms with Crippen LogP contribution < -0.4 is 15.4 Å². The molecule has 5 heteroatoms. The maximum atomic E-state index is 12.6. The van der Waals surface area contributed by atoms with Gasteiger partial charge in [-0.3, -0.25) is 4.79 Å². The summed E-state index contributed by atoms with van der Waals surface area (Å²) in [6.07, 6.45) is 0.860. The second kappa shape index (κ2) is 7.69. The number of hydrogen-bond acceptors (Lipinski definition) is 3. The van der Waals surface area contributed by atoms with Gasteiger partial charge in [-0.25, -0.2) is 0 Å². The number of halogens is 1. The van der Waals surface area contributed by atoms with E-state index < -0.39 is 0 Å². The minimum Gasteiger partial charge on any atom is -0.497 e. The number of carbonyl (C=O) groups excluding carboxylic acids is 1. The molecule has 0 unspecified atom stereocenters. The Hall–Kier alpha value is -2.04. The second-order valence-electron chi connectivity index (χ2n) is 5.93. The van der Waals surface area contributed by atoms with E-state index >= 15 is 0 Å². The molecule has 2 aromatic carbocycles. The topological polar surface area (TPSA) is 50.4 Å². The zero-order chi connectivity index (χ0) is 16.9. The summed E-state index contributed by atoms with van der Waals surface area (Å²) in [5.41, 5.74) is 1.83. The summed E-state index contributed by atoms with van der Waals surface area (Å²) >= 11 is 6.39. The van der Waals surface area contributed by atoms with Crippen molar-refractivity contribution in [1.29, 1.82) is 0 Å². The van der Waals surface area contributed by atoms with Crippen LogP contribution in [0.3, 0.4) is 0 Å². The lowest BCUT2D eigenvalue weighted by Crippen LogP contribution is -2.35. The van der Waals surface area contributed by atoms with E-state index in [-0.39, 0.29) is 17.9 Å². The van der Waals surface area contributed by atoms with Crippen LogP contribution in [0.5, 0.6) is 5.75 Å². The van der Waals surface area contributed by atoms with Crippen LogP contribution in [0.25, 0.3) is 0 Å². The van der Waals surface area contributed by atoms with Crippen molar-refractivity contribution in [2.24, 2.45) is 5.92 Å². The van der Waals surface area contributed by atoms with E-state index in [4.69, 9.17) is 16.3 Å². The third-order valence-corrected chi connectivity index (χ3v) is 4.71. The van der Waals surface area contributed by atoms with Gasteiger partial charge in [0.25, 0.3) is 0 Å². The summed E-state index contributed by atoms with van der Waals surface area (Å²) in [5.74, 6) is 0.801. The molecule has 1 aliphatic rings. The minimum absolute atomic E-state index is 0.000551. The fourth-order valence-corrected chi connectivity index (χ4v) is 3.25. The molecule has 2 N–H and O–H groups in total. The molecule has 2 aromatic rings. The molecule has 24 heavy (non-hydrogen) atoms. The predicted octanol–water partition coefficient (Wildman–Crippen LogP) is 3.16. The lowest BCUT2D eigenvalue weighted by molar-refractivity contribution is -0.124. The first-order chi connectivity index (χ1) is 11.7. The molecule has 2 atom stereocenters. The first-order valence-electron chi connectivity index (χ1n) is 8.08. The number of carbonyl (C=O) groups is 1. The van der Waals surface area contributed by atoms with Crippen LogP contribution in [0.4, 0.5) is 0 Å². The van der Waals surface area contributed by atoms with Gasteiger partial charge in [-0.15, -0.1) is 0 Å². The fraction of sp³-hybridized carbons (Fsp3) is 0.316. The third-order valence-electron chi connectivity index (χ3n) is 4.36. The number of rotatable bonds is 5. The van der Waals surface area contributed by atoms with Crippen LogP contribution in [0.2, 0.25) is 5.02 Å². The molecule has 3 rings (SSSR count). The van der Waals surface area contributed by atoms with Gasteiger partial charge in [0, 0.05) is 11.6 Å². The van der Waals surface area contributed by atoms with Crippen LogP contribution >= 0.6 is 11.6 Å². The molecular formula is C19H21ClN2O2. The van der Waals surface area contributed by atoms with Crippen molar-refractivity contribution in [2.45, 2.75) is 12.5 Å². The van der Waals surface area contributed by atoms with Gasteiger partial charge in [0.2, 0.25) is 5.91 Å². The van der Waals surface area contributed by atoms with Crippen molar-refractivity contribution in [3.63, 3.8) is 0 Å². The van der Waals surface area contributed by atoms with Gasteiger partial charge in [0.15, 0.2) is 0 Å². The molecule has 1 saturated heterocycles. The molecule has 4 nitrogen and oxygen atoms in total. The highest BCUT2D eigenvalue weighted by molar-refractivity contribution is 6.31. The molecule has 0 aliphatic carbocycles. The van der Waals surface area contributed by atoms with Crippen LogP contribution in [-0.4, -0.2) is 26.1 Å². The highest BCUT2D eigenvalue weighted by Gasteiger charge is 2.26. The van der Waals surface area contributed by atoms with Crippen molar-refractivity contribution in [3.8, 4) is 5.75 Å². The molecular weight excluding hydrogens is 324 g/mol. The average molecular weight is 345 g/mol. The average Bonchev–Trinajstić information content (AvgIpc) is 3.15. The lowest BCUT2D eigenvalue weighted by atomic mass is 9.97. The smallest absolute Gasteiger partial charge is 0.225 e. The molecule has 1 fully saturated rings. The van der Waals surface area contributed by atoms with Crippen molar-refractivity contribution in [2.75, 3.05) is 20.2 Å². The Morgan fingerprint density at radius 3 is 2.83 bits per heavy atom. The first kappa shape index (κ1) is 16.8. The summed E-state index contributed by atoms with van der Waals surface area (Å²) in [5, 5.41) is 7.03. The largest absolute Gasteiger partial charge is 0.497 e. The van der Waals surface area contributed by atoms with Crippen LogP contribution in [0.15, 0.2) is 48.5 Å². The lowest BCUT2D eigenvalue weighted by Gasteiger charge is -2.23. The van der Waals surface area contributed by atoms with Gasteiger partial charge >= 0.3 is 0 Å². The molecule has 0 aromatic heterocycles. The van der Waals surface area contributed by atoms with Crippen molar-refractivity contribution < 1.29 is 9.53 Å². The predicted molar refractivity (Wildman–Crippen MR) is 95.4 cm³/mol. The summed E-state index contributed by atoms with van der Waals surface area (Å²) < 4.78 is 5.32. The zero-order valence-electron chi connectivity index (χ0n) is 13.6. The Balaban J connectivity index is 1.94. The van der Waals surface area contributed by atoms with E-state index in [1.807, 2.05) is 48.5 Å². The van der Waals surface area contributed by atoms with Crippen LogP contribution in [0, 0.1) is 5.92 Å². The van der Waals surface area contributed by atoms with Crippen LogP contribution in [0.1, 0.15) is 23.6 Å². The molecule has 1 heterocycles. The molecule has 0 bridgehead atoms. The fourth-order valence-electron chi connectivity index (χ4n) is 3.01. The number of hydrogen-bond donors (Lipinski definition) is 2. The molecule has 1 aliphatic heterocycles. The Labute approximate surface area is 147 Å². The van der Waals surface area contributed by atoms with E-state index in [0.717, 1.165) is 36.4 Å². The molecule has 0 saturated carbocycles. The number of methoxy groups -OCH3 is 1. The Kier molecular flexibility index (Phi) is 5.38. The SMILES string of the molecule is COc1cccc([C@@H](NC(=O)[C@H]2CCNC2)c2ccccc2Cl)c1. The zero-order valence-corrected chi connectivity index (χ0v) is 14.3. The third kappa shape index (κ3) is 3.71. The summed E-state index contributed by atoms with van der Waals surface area (Å²) in [6, 6.07) is 15.0. The molecule has 1 amide bonds. The van der Waals surface area contributed by atoms with Gasteiger partial charge in [-0.05, 0) is 42.3 Å². The normalized spacial score (nSPS) is 18.2. The molecule has 126 valence electrons. The number of amides is 1. The van der Waals surface area contributed by atoms with Gasteiger partial charge in [0.05, 0.1) is 19.1 Å². The van der Waals surface area contributed by atoms with E-state index in [1.165, 1.54) is 0 Å². The minimum atomic E-state index is -0.304. The van der Waals surface area contributed by atoms with Crippen molar-refractivity contribution in [3.05, 3.63) is 64.7 Å². The van der Waals surface area contributed by atoms with Gasteiger partial charge in [-0.1, -0.05) is 41.9 Å². The number of ether oxygens (including phenoxy) is 1. The Morgan fingerprint density at radius 2 is 2.12 bits per heavy atom. The maximum Gasteiger partial charge on any atom is 0.225 e. The highest BCUT2D eigenvalue weighted by atomic mass is 35.5. The van der Waals surface area contributed by atoms with Crippen molar-refractivity contribution in [1.82, 2.24) is 10.6 Å². The summed E-state index contributed by atoms with van der Waals surface area (Å²) in [6.45, 7) is 1.60. The highest BCUT2D eigenvalue weighted by Crippen LogP contribution is 2.30. The van der Waals surface area contributed by atoms with Gasteiger partial charge in [-0.2, -0.15) is 0 Å². The van der Waals surface area contributed by atoms with Crippen LogP contribution in [-0.2, 0) is 4.79 Å². The monoisotopic (exact) mass is 344 g/mol. The van der Waals surface area contributed by atoms with E-state index in [2.05, 4.69) is 10.6 Å². The van der Waals surface area contributed by atoms with E-state index in [9.17, 15) is 4.79 Å². The first-order valence-corrected chi connectivity index (χ1v) is 8.46.